The van der Waals surface area contributed by atoms with E-state index < -0.39 is 200 Å². The van der Waals surface area contributed by atoms with Crippen molar-refractivity contribution in [1.29, 1.82) is 0 Å². The summed E-state index contributed by atoms with van der Waals surface area (Å²) < 4.78 is 808. The SMILES string of the molecule is O=S(=O)([N-]S(=O)(=O)C(F)(F)C(F)(F)C(F)(F)C(F)(F)F)C(F)(F)C(F)(F)C(F)(F)C(F)(F)F.O=S(=O)([N-]S(=O)(=O)C(F)(F)C(F)(F)C(F)(F)C(F)(F)F)C(F)(F)C(F)(F)C(F)(F)C(F)(F)F.O=S(=O)([N-]S(=O)(=O)C(F)(F)C(F)(F)C(F)(F)C(F)(F)F)C(F)(F)C(F)(F)C(F)(F)C(F)(F)F.[Y+3]. The summed E-state index contributed by atoms with van der Waals surface area (Å²) in [6, 6.07) is 0. The Balaban J connectivity index is -0.000000688. The van der Waals surface area contributed by atoms with E-state index in [-0.39, 0.29) is 45.1 Å². The molecule has 0 atom stereocenters. The molecule has 0 aliphatic heterocycles. The monoisotopic (exact) mass is 1830 g/mol. The van der Waals surface area contributed by atoms with Crippen LogP contribution in [-0.2, 0) is 92.8 Å². The van der Waals surface area contributed by atoms with Crippen LogP contribution in [-0.4, -0.2) is 190 Å². The first-order valence-corrected chi connectivity index (χ1v) is 27.7. The average molecular weight is 1830 g/mol. The molecule has 0 aromatic carbocycles. The molecule has 0 aromatic heterocycles. The van der Waals surface area contributed by atoms with Crippen molar-refractivity contribution >= 4 is 60.1 Å². The minimum Gasteiger partial charge on any atom is -0.425 e. The summed E-state index contributed by atoms with van der Waals surface area (Å²) in [7, 11) is -52.9. The number of halogens is 54. The molecule has 0 heterocycles. The third-order valence-electron chi connectivity index (χ3n) is 9.23. The van der Waals surface area contributed by atoms with E-state index in [2.05, 4.69) is 0 Å². The number of rotatable bonds is 24. The summed E-state index contributed by atoms with van der Waals surface area (Å²) in [4.78, 5) is 0. The van der Waals surface area contributed by atoms with Gasteiger partial charge in [-0.1, -0.05) is 0 Å². The van der Waals surface area contributed by atoms with Crippen LogP contribution in [0.25, 0.3) is 12.4 Å². The molecule has 600 valence electrons. The molecule has 15 nitrogen and oxygen atoms in total. The standard InChI is InChI=1S/3C8F18NO4S2.Y/c3*9-1(10,5(17,18)19)3(13,14)7(23,24)32(28,29)27-33(30,31)8(25,26)4(15,16)2(11,12)6(20,21)22;/q3*-1;+3. The summed E-state index contributed by atoms with van der Waals surface area (Å²) in [6.07, 6.45) is -46.7. The topological polar surface area (TPSA) is 247 Å². The second-order valence-corrected chi connectivity index (χ2v) is 26.6. The van der Waals surface area contributed by atoms with Crippen molar-refractivity contribution in [1.82, 2.24) is 0 Å². The molecule has 0 rings (SSSR count). The van der Waals surface area contributed by atoms with Crippen molar-refractivity contribution in [2.75, 3.05) is 0 Å². The van der Waals surface area contributed by atoms with Gasteiger partial charge in [0, 0.05) is 0 Å². The molecule has 0 spiro atoms. The first kappa shape index (κ1) is 103. The third kappa shape index (κ3) is 15.7. The Morgan fingerprint density at radius 1 is 0.130 bits per heavy atom. The smallest absolute Gasteiger partial charge is 0.425 e. The maximum Gasteiger partial charge on any atom is 3.00 e. The molecule has 76 heteroatoms. The van der Waals surface area contributed by atoms with Gasteiger partial charge in [-0.3, -0.25) is 0 Å². The molecule has 0 bridgehead atoms. The normalized spacial score (nSPS) is 16.6. The van der Waals surface area contributed by atoms with E-state index >= 15 is 0 Å². The van der Waals surface area contributed by atoms with E-state index in [1.54, 1.807) is 0 Å². The van der Waals surface area contributed by atoms with Crippen LogP contribution >= 0.6 is 0 Å². The van der Waals surface area contributed by atoms with Gasteiger partial charge >= 0.3 is 172 Å². The third-order valence-corrected chi connectivity index (χ3v) is 19.4. The fraction of sp³-hybridized carbons (Fsp3) is 1.00. The zero-order chi connectivity index (χ0) is 83.1. The van der Waals surface area contributed by atoms with Crippen molar-refractivity contribution < 1.29 is 320 Å². The van der Waals surface area contributed by atoms with Gasteiger partial charge in [-0.25, -0.2) is 50.5 Å². The molecule has 0 unspecified atom stereocenters. The van der Waals surface area contributed by atoms with E-state index in [0.29, 0.717) is 0 Å². The zero-order valence-electron chi connectivity index (χ0n) is 41.7. The zero-order valence-corrected chi connectivity index (χ0v) is 49.4. The minimum atomic E-state index is -8.81. The molecule has 0 aliphatic carbocycles. The van der Waals surface area contributed by atoms with Gasteiger partial charge in [0.1, 0.15) is 0 Å². The van der Waals surface area contributed by atoms with Crippen molar-refractivity contribution in [3.05, 3.63) is 12.4 Å². The van der Waals surface area contributed by atoms with Crippen molar-refractivity contribution in [3.63, 3.8) is 0 Å². The number of hydrogen-bond donors (Lipinski definition) is 0. The Hall–Kier alpha value is -3.10. The van der Waals surface area contributed by atoms with Gasteiger partial charge in [-0.2, -0.15) is 237 Å². The van der Waals surface area contributed by atoms with E-state index in [1.807, 2.05) is 0 Å². The first-order valence-electron chi connectivity index (χ1n) is 19.0. The molecule has 0 aromatic rings. The molecule has 0 amide bonds. The summed E-state index contributed by atoms with van der Waals surface area (Å²) >= 11 is 0. The van der Waals surface area contributed by atoms with Gasteiger partial charge in [0.15, 0.2) is 60.1 Å². The molecule has 0 fully saturated rings. The van der Waals surface area contributed by atoms with Crippen LogP contribution < -0.4 is 0 Å². The van der Waals surface area contributed by atoms with Crippen LogP contribution in [0.1, 0.15) is 0 Å². The molecular weight excluding hydrogens is 1830 g/mol. The molecule has 0 aliphatic rings. The largest absolute Gasteiger partial charge is 3.00 e. The van der Waals surface area contributed by atoms with Crippen molar-refractivity contribution in [2.45, 2.75) is 140 Å². The van der Waals surface area contributed by atoms with E-state index in [0.717, 1.165) is 0 Å². The fourth-order valence-electron chi connectivity index (χ4n) is 3.80. The number of hydrogen-bond acceptors (Lipinski definition) is 12. The van der Waals surface area contributed by atoms with Gasteiger partial charge in [0.05, 0.1) is 0 Å². The predicted octanol–water partition coefficient (Wildman–Crippen LogP) is 14.6. The Morgan fingerprint density at radius 3 is 0.240 bits per heavy atom. The van der Waals surface area contributed by atoms with E-state index in [1.165, 1.54) is 0 Å². The molecule has 0 saturated carbocycles. The second-order valence-electron chi connectivity index (χ2n) is 16.1. The van der Waals surface area contributed by atoms with Crippen LogP contribution in [0.4, 0.5) is 237 Å². The molecule has 0 saturated heterocycles. The first-order chi connectivity index (χ1) is 41.1. The van der Waals surface area contributed by atoms with Crippen molar-refractivity contribution in [3.8, 4) is 0 Å². The van der Waals surface area contributed by atoms with Gasteiger partial charge in [0.2, 0.25) is 0 Å². The molecule has 100 heavy (non-hydrogen) atoms. The van der Waals surface area contributed by atoms with Crippen LogP contribution in [0.2, 0.25) is 0 Å². The Kier molecular flexibility index (Phi) is 27.6. The maximum atomic E-state index is 13.2. The Morgan fingerprint density at radius 2 is 0.190 bits per heavy atom. The number of sulfonamides is 6. The summed E-state index contributed by atoms with van der Waals surface area (Å²) in [5.74, 6) is -98.9. The van der Waals surface area contributed by atoms with E-state index in [4.69, 9.17) is 0 Å². The molecular formula is C24F54N3O12S6Y. The van der Waals surface area contributed by atoms with Crippen LogP contribution in [0.15, 0.2) is 0 Å². The Labute approximate surface area is 531 Å². The van der Waals surface area contributed by atoms with Gasteiger partial charge in [-0.15, -0.1) is 0 Å². The van der Waals surface area contributed by atoms with Gasteiger partial charge < -0.3 is 12.4 Å². The molecule has 0 radical (unpaired) electrons. The maximum absolute atomic E-state index is 13.2. The van der Waals surface area contributed by atoms with Crippen LogP contribution in [0.3, 0.4) is 0 Å². The van der Waals surface area contributed by atoms with Crippen LogP contribution in [0, 0.1) is 0 Å². The molecule has 0 N–H and O–H groups in total. The minimum absolute atomic E-state index is 0. The quantitative estimate of drug-likeness (QED) is 0.0819. The number of alkyl halides is 54. The summed E-state index contributed by atoms with van der Waals surface area (Å²) in [5, 5.41) is -49.3. The Bertz CT molecular complexity index is 3020. The predicted molar refractivity (Wildman–Crippen MR) is 189 cm³/mol. The summed E-state index contributed by atoms with van der Waals surface area (Å²) in [6.45, 7) is 0. The van der Waals surface area contributed by atoms with Crippen LogP contribution in [0.5, 0.6) is 0 Å². The van der Waals surface area contributed by atoms with E-state index in [9.17, 15) is 288 Å². The second kappa shape index (κ2) is 26.7. The van der Waals surface area contributed by atoms with Gasteiger partial charge in [-0.05, 0) is 0 Å². The fourth-order valence-corrected chi connectivity index (χ4v) is 11.9. The summed E-state index contributed by atoms with van der Waals surface area (Å²) in [5.41, 5.74) is 0. The number of nitrogens with zero attached hydrogens (tertiary/aromatic N) is 3. The van der Waals surface area contributed by atoms with Gasteiger partial charge in [0.25, 0.3) is 0 Å². The van der Waals surface area contributed by atoms with Crippen molar-refractivity contribution in [2.24, 2.45) is 0 Å². The average Bonchev–Trinajstić information content (AvgIpc) is 0.721.